The van der Waals surface area contributed by atoms with Crippen LogP contribution < -0.4 is 5.32 Å². The van der Waals surface area contributed by atoms with Gasteiger partial charge in [0, 0.05) is 23.1 Å². The lowest BCUT2D eigenvalue weighted by molar-refractivity contribution is -0.140. The van der Waals surface area contributed by atoms with Gasteiger partial charge in [-0.1, -0.05) is 60.5 Å². The molecule has 28 heavy (non-hydrogen) atoms. The van der Waals surface area contributed by atoms with Gasteiger partial charge in [-0.3, -0.25) is 9.59 Å². The summed E-state index contributed by atoms with van der Waals surface area (Å²) in [6, 6.07) is 12.3. The molecule has 6 heteroatoms. The SMILES string of the molecule is CCCNC(=O)[C@@H](C)N(Cc1ccc(Cl)cc1Cl)C(=O)Cc1ccccc1C. The highest BCUT2D eigenvalue weighted by atomic mass is 35.5. The molecule has 0 aromatic heterocycles. The van der Waals surface area contributed by atoms with E-state index in [0.29, 0.717) is 16.6 Å². The number of nitrogens with zero attached hydrogens (tertiary/aromatic N) is 1. The van der Waals surface area contributed by atoms with Crippen molar-refractivity contribution in [3.05, 3.63) is 69.2 Å². The topological polar surface area (TPSA) is 49.4 Å². The van der Waals surface area contributed by atoms with Gasteiger partial charge in [-0.15, -0.1) is 0 Å². The zero-order valence-corrected chi connectivity index (χ0v) is 18.0. The summed E-state index contributed by atoms with van der Waals surface area (Å²) in [7, 11) is 0. The average molecular weight is 421 g/mol. The van der Waals surface area contributed by atoms with E-state index in [1.807, 2.05) is 38.1 Å². The molecule has 1 N–H and O–H groups in total. The van der Waals surface area contributed by atoms with Crippen LogP contribution in [0.15, 0.2) is 42.5 Å². The van der Waals surface area contributed by atoms with E-state index in [1.165, 1.54) is 0 Å². The van der Waals surface area contributed by atoms with Crippen LogP contribution >= 0.6 is 23.2 Å². The van der Waals surface area contributed by atoms with E-state index < -0.39 is 6.04 Å². The minimum absolute atomic E-state index is 0.125. The van der Waals surface area contributed by atoms with Crippen molar-refractivity contribution in [2.24, 2.45) is 0 Å². The molecule has 150 valence electrons. The third-order valence-electron chi connectivity index (χ3n) is 4.68. The first-order valence-electron chi connectivity index (χ1n) is 9.39. The Kier molecular flexibility index (Phi) is 8.34. The number of carbonyl (C=O) groups is 2. The van der Waals surface area contributed by atoms with Crippen molar-refractivity contribution in [3.63, 3.8) is 0 Å². The molecule has 0 radical (unpaired) electrons. The van der Waals surface area contributed by atoms with Gasteiger partial charge in [-0.05, 0) is 49.1 Å². The summed E-state index contributed by atoms with van der Waals surface area (Å²) in [5.74, 6) is -0.301. The Morgan fingerprint density at radius 3 is 2.46 bits per heavy atom. The van der Waals surface area contributed by atoms with E-state index in [0.717, 1.165) is 23.1 Å². The Morgan fingerprint density at radius 2 is 1.82 bits per heavy atom. The molecule has 0 saturated heterocycles. The van der Waals surface area contributed by atoms with Crippen molar-refractivity contribution < 1.29 is 9.59 Å². The van der Waals surface area contributed by atoms with Gasteiger partial charge in [0.25, 0.3) is 0 Å². The smallest absolute Gasteiger partial charge is 0.242 e. The van der Waals surface area contributed by atoms with E-state index in [4.69, 9.17) is 23.2 Å². The summed E-state index contributed by atoms with van der Waals surface area (Å²) >= 11 is 12.3. The van der Waals surface area contributed by atoms with Crippen LogP contribution in [0.4, 0.5) is 0 Å². The van der Waals surface area contributed by atoms with Crippen molar-refractivity contribution in [2.75, 3.05) is 6.54 Å². The second kappa shape index (κ2) is 10.5. The summed E-state index contributed by atoms with van der Waals surface area (Å²) in [4.78, 5) is 27.3. The number of hydrogen-bond acceptors (Lipinski definition) is 2. The van der Waals surface area contributed by atoms with E-state index in [9.17, 15) is 9.59 Å². The number of halogens is 2. The van der Waals surface area contributed by atoms with Crippen molar-refractivity contribution in [1.29, 1.82) is 0 Å². The third kappa shape index (κ3) is 5.98. The van der Waals surface area contributed by atoms with Gasteiger partial charge < -0.3 is 10.2 Å². The van der Waals surface area contributed by atoms with Crippen LogP contribution in [-0.2, 0) is 22.6 Å². The molecule has 0 heterocycles. The monoisotopic (exact) mass is 420 g/mol. The zero-order valence-electron chi connectivity index (χ0n) is 16.5. The summed E-state index contributed by atoms with van der Waals surface area (Å²) < 4.78 is 0. The van der Waals surface area contributed by atoms with E-state index in [2.05, 4.69) is 5.32 Å². The first-order chi connectivity index (χ1) is 13.3. The normalized spacial score (nSPS) is 11.8. The van der Waals surface area contributed by atoms with Crippen LogP contribution in [0.5, 0.6) is 0 Å². The highest BCUT2D eigenvalue weighted by Gasteiger charge is 2.26. The summed E-state index contributed by atoms with van der Waals surface area (Å²) in [5, 5.41) is 3.87. The molecule has 0 aliphatic carbocycles. The molecule has 0 fully saturated rings. The Balaban J connectivity index is 2.27. The van der Waals surface area contributed by atoms with E-state index in [-0.39, 0.29) is 24.8 Å². The second-order valence-electron chi connectivity index (χ2n) is 6.83. The molecule has 2 amide bonds. The lowest BCUT2D eigenvalue weighted by Crippen LogP contribution is -2.48. The molecular weight excluding hydrogens is 395 g/mol. The standard InChI is InChI=1S/C22H26Cl2N2O2/c1-4-11-25-22(28)16(3)26(14-18-9-10-19(23)13-20(18)24)21(27)12-17-8-6-5-7-15(17)2/h5-10,13,16H,4,11-12,14H2,1-3H3,(H,25,28)/t16-/m1/s1. The predicted molar refractivity (Wildman–Crippen MR) is 115 cm³/mol. The van der Waals surface area contributed by atoms with Crippen LogP contribution in [0, 0.1) is 6.92 Å². The molecule has 4 nitrogen and oxygen atoms in total. The third-order valence-corrected chi connectivity index (χ3v) is 5.26. The lowest BCUT2D eigenvalue weighted by atomic mass is 10.0. The fourth-order valence-corrected chi connectivity index (χ4v) is 3.35. The Morgan fingerprint density at radius 1 is 1.11 bits per heavy atom. The van der Waals surface area contributed by atoms with Crippen molar-refractivity contribution in [3.8, 4) is 0 Å². The van der Waals surface area contributed by atoms with Gasteiger partial charge in [0.05, 0.1) is 6.42 Å². The van der Waals surface area contributed by atoms with Gasteiger partial charge >= 0.3 is 0 Å². The number of aryl methyl sites for hydroxylation is 1. The number of amides is 2. The van der Waals surface area contributed by atoms with Crippen LogP contribution in [0.1, 0.15) is 37.0 Å². The van der Waals surface area contributed by atoms with Gasteiger partial charge in [0.15, 0.2) is 0 Å². The minimum Gasteiger partial charge on any atom is -0.354 e. The second-order valence-corrected chi connectivity index (χ2v) is 7.67. The van der Waals surface area contributed by atoms with Crippen LogP contribution in [0.3, 0.4) is 0 Å². The van der Waals surface area contributed by atoms with Crippen LogP contribution in [0.25, 0.3) is 0 Å². The molecule has 1 atom stereocenters. The first-order valence-corrected chi connectivity index (χ1v) is 10.1. The van der Waals surface area contributed by atoms with E-state index in [1.54, 1.807) is 30.0 Å². The molecule has 0 bridgehead atoms. The number of hydrogen-bond donors (Lipinski definition) is 1. The van der Waals surface area contributed by atoms with E-state index >= 15 is 0 Å². The first kappa shape index (κ1) is 22.3. The predicted octanol–water partition coefficient (Wildman–Crippen LogP) is 4.79. The Bertz CT molecular complexity index is 839. The maximum absolute atomic E-state index is 13.1. The highest BCUT2D eigenvalue weighted by molar-refractivity contribution is 6.35. The van der Waals surface area contributed by atoms with Crippen LogP contribution in [-0.4, -0.2) is 29.3 Å². The Hall–Kier alpha value is -2.04. The molecule has 2 aromatic carbocycles. The molecule has 2 rings (SSSR count). The molecule has 0 saturated carbocycles. The lowest BCUT2D eigenvalue weighted by Gasteiger charge is -2.29. The molecule has 0 aliphatic rings. The number of benzene rings is 2. The van der Waals surface area contributed by atoms with Crippen molar-refractivity contribution >= 4 is 35.0 Å². The quantitative estimate of drug-likeness (QED) is 0.667. The number of carbonyl (C=O) groups excluding carboxylic acids is 2. The van der Waals surface area contributed by atoms with Crippen LogP contribution in [0.2, 0.25) is 10.0 Å². The molecule has 0 spiro atoms. The maximum Gasteiger partial charge on any atom is 0.242 e. The van der Waals surface area contributed by atoms with Gasteiger partial charge in [-0.25, -0.2) is 0 Å². The zero-order chi connectivity index (χ0) is 20.7. The summed E-state index contributed by atoms with van der Waals surface area (Å²) in [5.41, 5.74) is 2.74. The van der Waals surface area contributed by atoms with Gasteiger partial charge in [0.2, 0.25) is 11.8 Å². The van der Waals surface area contributed by atoms with Gasteiger partial charge in [0.1, 0.15) is 6.04 Å². The fraction of sp³-hybridized carbons (Fsp3) is 0.364. The molecule has 0 aliphatic heterocycles. The number of rotatable bonds is 8. The fourth-order valence-electron chi connectivity index (χ4n) is 2.88. The molecule has 2 aromatic rings. The average Bonchev–Trinajstić information content (AvgIpc) is 2.66. The summed E-state index contributed by atoms with van der Waals surface area (Å²) in [6.45, 7) is 6.51. The van der Waals surface area contributed by atoms with Crippen molar-refractivity contribution in [1.82, 2.24) is 10.2 Å². The van der Waals surface area contributed by atoms with Crippen molar-refractivity contribution in [2.45, 2.75) is 46.2 Å². The molecule has 0 unspecified atom stereocenters. The molecular formula is C22H26Cl2N2O2. The highest BCUT2D eigenvalue weighted by Crippen LogP contribution is 2.23. The van der Waals surface area contributed by atoms with Gasteiger partial charge in [-0.2, -0.15) is 0 Å². The maximum atomic E-state index is 13.1. The largest absolute Gasteiger partial charge is 0.354 e. The summed E-state index contributed by atoms with van der Waals surface area (Å²) in [6.07, 6.45) is 1.06. The minimum atomic E-state index is -0.616. The Labute approximate surface area is 176 Å². The number of nitrogens with one attached hydrogen (secondary N) is 1.